The Bertz CT molecular complexity index is 3430. The van der Waals surface area contributed by atoms with Crippen molar-refractivity contribution in [3.8, 4) is 27.7 Å². The number of halogens is 1. The number of rotatable bonds is 16. The molecule has 0 amide bonds. The van der Waals surface area contributed by atoms with Crippen LogP contribution >= 0.6 is 34.3 Å². The van der Waals surface area contributed by atoms with Crippen LogP contribution in [0.5, 0.6) is 5.19 Å². The first-order valence-corrected chi connectivity index (χ1v) is 30.9. The van der Waals surface area contributed by atoms with Crippen molar-refractivity contribution in [1.82, 2.24) is 40.2 Å². The number of aliphatic hydroxyl groups excluding tert-OH is 1. The number of nitrogens with zero attached hydrogens (tertiary/aromatic N) is 10. The smallest absolute Gasteiger partial charge is 0.324 e. The van der Waals surface area contributed by atoms with Crippen molar-refractivity contribution in [3.05, 3.63) is 88.9 Å². The minimum Gasteiger partial charge on any atom is -0.464 e. The van der Waals surface area contributed by atoms with Crippen molar-refractivity contribution >= 4 is 86.7 Å². The topological polar surface area (TPSA) is 252 Å². The van der Waals surface area contributed by atoms with Crippen molar-refractivity contribution < 1.29 is 45.2 Å². The van der Waals surface area contributed by atoms with Crippen LogP contribution in [0.4, 0.5) is 12.0 Å². The summed E-state index contributed by atoms with van der Waals surface area (Å²) in [5.74, 6) is 2.56. The Morgan fingerprint density at radius 2 is 1.05 bits per heavy atom. The van der Waals surface area contributed by atoms with Crippen molar-refractivity contribution in [2.24, 2.45) is 11.8 Å². The van der Waals surface area contributed by atoms with E-state index in [-0.39, 0.29) is 28.9 Å². The minimum absolute atomic E-state index is 0.139. The Balaban J connectivity index is 0.000000169. The lowest BCUT2D eigenvalue weighted by atomic mass is 9.91. The number of hydrogen-bond donors (Lipinski definition) is 1. The van der Waals surface area contributed by atoms with E-state index < -0.39 is 19.7 Å². The van der Waals surface area contributed by atoms with Crippen LogP contribution in [-0.4, -0.2) is 140 Å². The fourth-order valence-corrected chi connectivity index (χ4v) is 11.8. The molecule has 8 heterocycles. The van der Waals surface area contributed by atoms with Crippen molar-refractivity contribution in [3.63, 3.8) is 0 Å². The monoisotopic (exact) mass is 1150 g/mol. The van der Waals surface area contributed by atoms with Crippen molar-refractivity contribution in [2.45, 2.75) is 87.2 Å². The zero-order chi connectivity index (χ0) is 55.0. The maximum absolute atomic E-state index is 11.8. The molecule has 2 fully saturated rings. The van der Waals surface area contributed by atoms with Crippen LogP contribution in [0.2, 0.25) is 4.47 Å². The highest BCUT2D eigenvalue weighted by molar-refractivity contribution is 7.91. The predicted octanol–water partition coefficient (Wildman–Crippen LogP) is 9.41. The molecule has 2 aliphatic rings. The first-order valence-electron chi connectivity index (χ1n) is 25.1. The van der Waals surface area contributed by atoms with Crippen LogP contribution in [0.15, 0.2) is 91.6 Å². The van der Waals surface area contributed by atoms with E-state index >= 15 is 0 Å². The molecule has 77 heavy (non-hydrogen) atoms. The molecule has 20 nitrogen and oxygen atoms in total. The number of aromatic nitrogens is 8. The Morgan fingerprint density at radius 3 is 1.48 bits per heavy atom. The predicted molar refractivity (Wildman–Crippen MR) is 298 cm³/mol. The van der Waals surface area contributed by atoms with Gasteiger partial charge in [-0.15, -0.1) is 0 Å². The summed E-state index contributed by atoms with van der Waals surface area (Å²) in [5, 5.41) is 18.5. The molecule has 0 bridgehead atoms. The van der Waals surface area contributed by atoms with E-state index in [9.17, 15) is 21.9 Å². The molecule has 2 aliphatic heterocycles. The summed E-state index contributed by atoms with van der Waals surface area (Å²) < 4.78 is 74.4. The molecule has 0 aliphatic carbocycles. The molecule has 0 radical (unpaired) electrons. The largest absolute Gasteiger partial charge is 0.464 e. The third-order valence-electron chi connectivity index (χ3n) is 13.1. The molecule has 25 heteroatoms. The molecule has 0 spiro atoms. The van der Waals surface area contributed by atoms with Crippen LogP contribution in [0.25, 0.3) is 43.2 Å². The highest BCUT2D eigenvalue weighted by atomic mass is 35.5. The lowest BCUT2D eigenvalue weighted by Gasteiger charge is -2.34. The number of anilines is 2. The lowest BCUT2D eigenvalue weighted by molar-refractivity contribution is 0.0173. The number of aliphatic hydroxyl groups is 1. The maximum Gasteiger partial charge on any atom is 0.324 e. The van der Waals surface area contributed by atoms with Gasteiger partial charge in [0, 0.05) is 81.8 Å². The third kappa shape index (κ3) is 14.9. The molecule has 412 valence electrons. The summed E-state index contributed by atoms with van der Waals surface area (Å²) in [6.45, 7) is 12.3. The van der Waals surface area contributed by atoms with Gasteiger partial charge in [-0.1, -0.05) is 96.5 Å². The Kier molecular flexibility index (Phi) is 18.9. The third-order valence-corrected chi connectivity index (χ3v) is 17.3. The molecule has 6 aromatic heterocycles. The van der Waals surface area contributed by atoms with Gasteiger partial charge in [-0.25, -0.2) is 36.8 Å². The average molecular weight is 1150 g/mol. The van der Waals surface area contributed by atoms with E-state index in [2.05, 4.69) is 45.0 Å². The van der Waals surface area contributed by atoms with E-state index in [1.807, 2.05) is 52.0 Å². The zero-order valence-electron chi connectivity index (χ0n) is 44.1. The summed E-state index contributed by atoms with van der Waals surface area (Å²) in [6.07, 6.45) is 5.52. The van der Waals surface area contributed by atoms with Gasteiger partial charge in [-0.05, 0) is 80.1 Å². The van der Waals surface area contributed by atoms with Gasteiger partial charge >= 0.3 is 12.0 Å². The number of fused-ring (bicyclic) bond motifs is 2. The first kappa shape index (κ1) is 57.4. The number of piperidine rings is 2. The quantitative estimate of drug-likeness (QED) is 0.0945. The van der Waals surface area contributed by atoms with Gasteiger partial charge in [0.2, 0.25) is 0 Å². The van der Waals surface area contributed by atoms with E-state index in [4.69, 9.17) is 39.8 Å². The van der Waals surface area contributed by atoms with E-state index in [0.29, 0.717) is 51.6 Å². The molecule has 0 saturated carbocycles. The zero-order valence-corrected chi connectivity index (χ0v) is 48.1. The van der Waals surface area contributed by atoms with Crippen LogP contribution in [0, 0.1) is 11.8 Å². The van der Waals surface area contributed by atoms with Gasteiger partial charge in [0.25, 0.3) is 5.19 Å². The number of sulfone groups is 2. The Hall–Kier alpha value is -5.73. The summed E-state index contributed by atoms with van der Waals surface area (Å²) >= 11 is 8.56. The Morgan fingerprint density at radius 1 is 0.610 bits per heavy atom. The SMILES string of the molecule is COCC(O)C1CCN(c2nc(C(C)C)no2)CC1.COCC(Oc1nc2ccc(-c3ccc(S(C)(=O)=O)cc3)nc2s1)C1CCN(c2nc(C(C)C)no2)CC1.CS(=O)(=O)c1ccc(-c2ccc3nc(Cl)sc3n2)cc1. The average Bonchev–Trinajstić information content (AvgIpc) is 4.27. The summed E-state index contributed by atoms with van der Waals surface area (Å²) in [5.41, 5.74) is 4.71. The normalized spacial score (nSPS) is 15.6. The number of methoxy groups -OCH3 is 2. The van der Waals surface area contributed by atoms with E-state index in [1.165, 1.54) is 35.2 Å². The van der Waals surface area contributed by atoms with Crippen LogP contribution in [0.3, 0.4) is 0 Å². The number of ether oxygens (including phenoxy) is 3. The van der Waals surface area contributed by atoms with Gasteiger partial charge in [0.15, 0.2) is 35.8 Å². The number of hydrogen-bond acceptors (Lipinski definition) is 22. The second kappa shape index (κ2) is 25.4. The Labute approximate surface area is 461 Å². The van der Waals surface area contributed by atoms with E-state index in [0.717, 1.165) is 107 Å². The second-order valence-electron chi connectivity index (χ2n) is 19.5. The number of pyridine rings is 2. The maximum atomic E-state index is 11.8. The molecule has 8 aromatic rings. The fraction of sp³-hybridized carbons (Fsp3) is 0.462. The lowest BCUT2D eigenvalue weighted by Crippen LogP contribution is -2.41. The van der Waals surface area contributed by atoms with Crippen LogP contribution < -0.4 is 14.5 Å². The fourth-order valence-electron chi connectivity index (χ4n) is 8.69. The standard InChI is InChI=1S/C26H31N5O5S2.C13H9ClN2O2S2.C13H23N3O3/c1-16(2)23-29-25(36-30-23)31-13-11-18(12-14-31)22(15-34-3)35-26-28-21-10-9-20(27-24(21)37-26)17-5-7-19(8-6-17)38(4,32)33;1-20(17,18)9-4-2-8(3-5-9)10-6-7-11-12(15-10)19-13(14)16-11;1-9(2)12-14-13(19-15-12)16-6-4-10(5-7-16)11(17)8-18-3/h5-10,16,18,22H,11-15H2,1-4H3;2-7H,1H3;9-11,17H,4-8H2,1-3H3. The number of benzene rings is 2. The molecule has 2 aromatic carbocycles. The molecular weight excluding hydrogens is 1090 g/mol. The minimum atomic E-state index is -3.25. The van der Waals surface area contributed by atoms with Crippen molar-refractivity contribution in [1.29, 1.82) is 0 Å². The van der Waals surface area contributed by atoms with Gasteiger partial charge < -0.3 is 38.2 Å². The highest BCUT2D eigenvalue weighted by Gasteiger charge is 2.32. The molecule has 2 unspecified atom stereocenters. The van der Waals surface area contributed by atoms with Crippen LogP contribution in [-0.2, 0) is 29.1 Å². The summed E-state index contributed by atoms with van der Waals surface area (Å²) in [4.78, 5) is 33.3. The summed E-state index contributed by atoms with van der Waals surface area (Å²) in [7, 11) is -3.13. The second-order valence-corrected chi connectivity index (χ2v) is 26.1. The van der Waals surface area contributed by atoms with Gasteiger partial charge in [0.1, 0.15) is 26.8 Å². The van der Waals surface area contributed by atoms with Gasteiger partial charge in [-0.2, -0.15) is 9.97 Å². The summed E-state index contributed by atoms with van der Waals surface area (Å²) in [6, 6.07) is 22.0. The molecule has 10 rings (SSSR count). The molecule has 1 N–H and O–H groups in total. The first-order chi connectivity index (χ1) is 36.8. The molecule has 2 atom stereocenters. The van der Waals surface area contributed by atoms with Gasteiger partial charge in [0.05, 0.1) is 40.5 Å². The number of thiazole rings is 2. The van der Waals surface area contributed by atoms with Crippen LogP contribution in [0.1, 0.15) is 76.9 Å². The highest BCUT2D eigenvalue weighted by Crippen LogP contribution is 2.34. The van der Waals surface area contributed by atoms with Crippen molar-refractivity contribution in [2.75, 3.05) is 75.9 Å². The van der Waals surface area contributed by atoms with Gasteiger partial charge in [-0.3, -0.25) is 0 Å². The molecular formula is C52H63ClN10O10S4. The molecule has 2 saturated heterocycles. The van der Waals surface area contributed by atoms with E-state index in [1.54, 1.807) is 62.8 Å².